The van der Waals surface area contributed by atoms with E-state index in [1.165, 1.54) is 24.3 Å². The third-order valence-corrected chi connectivity index (χ3v) is 4.95. The van der Waals surface area contributed by atoms with Crippen molar-refractivity contribution in [3.63, 3.8) is 0 Å². The number of piperazine rings is 1. The zero-order chi connectivity index (χ0) is 21.7. The van der Waals surface area contributed by atoms with Crippen molar-refractivity contribution < 1.29 is 28.2 Å². The number of amides is 2. The molecule has 9 nitrogen and oxygen atoms in total. The molecule has 2 aliphatic heterocycles. The van der Waals surface area contributed by atoms with Gasteiger partial charge in [-0.2, -0.15) is 0 Å². The highest BCUT2D eigenvalue weighted by Gasteiger charge is 2.42. The summed E-state index contributed by atoms with van der Waals surface area (Å²) in [7, 11) is 0. The summed E-state index contributed by atoms with van der Waals surface area (Å²) >= 11 is 0. The van der Waals surface area contributed by atoms with Crippen LogP contribution in [0.5, 0.6) is 0 Å². The molecule has 1 aromatic carbocycles. The largest absolute Gasteiger partial charge is 0.465 e. The van der Waals surface area contributed by atoms with Gasteiger partial charge in [0.2, 0.25) is 11.9 Å². The Bertz CT molecular complexity index is 821. The Kier molecular flexibility index (Phi) is 6.86. The second-order valence-corrected chi connectivity index (χ2v) is 6.84. The van der Waals surface area contributed by atoms with Gasteiger partial charge in [-0.1, -0.05) is 12.1 Å². The van der Waals surface area contributed by atoms with Crippen LogP contribution in [0.4, 0.5) is 9.18 Å². The van der Waals surface area contributed by atoms with Crippen molar-refractivity contribution in [2.45, 2.75) is 19.9 Å². The lowest BCUT2D eigenvalue weighted by atomic mass is 9.91. The monoisotopic (exact) mass is 420 g/mol. The number of esters is 1. The Hall–Kier alpha value is -3.17. The molecule has 3 rings (SSSR count). The second kappa shape index (κ2) is 9.55. The van der Waals surface area contributed by atoms with E-state index in [2.05, 4.69) is 10.3 Å². The highest BCUT2D eigenvalue weighted by molar-refractivity contribution is 6.08. The minimum atomic E-state index is -1.17. The molecule has 0 bridgehead atoms. The van der Waals surface area contributed by atoms with Gasteiger partial charge >= 0.3 is 12.1 Å². The van der Waals surface area contributed by atoms with Gasteiger partial charge < -0.3 is 19.3 Å². The molecule has 1 aromatic rings. The zero-order valence-corrected chi connectivity index (χ0v) is 17.0. The van der Waals surface area contributed by atoms with Crippen molar-refractivity contribution in [2.24, 2.45) is 10.9 Å². The maximum Gasteiger partial charge on any atom is 0.409 e. The lowest BCUT2D eigenvalue weighted by molar-refractivity contribution is -0.153. The van der Waals surface area contributed by atoms with Crippen LogP contribution < -0.4 is 5.32 Å². The van der Waals surface area contributed by atoms with Gasteiger partial charge in [-0.3, -0.25) is 14.9 Å². The van der Waals surface area contributed by atoms with Gasteiger partial charge in [0, 0.05) is 26.2 Å². The normalized spacial score (nSPS) is 21.6. The Morgan fingerprint density at radius 2 is 1.73 bits per heavy atom. The number of nitrogens with one attached hydrogen (secondary N) is 1. The Morgan fingerprint density at radius 3 is 2.33 bits per heavy atom. The molecule has 1 saturated heterocycles. The van der Waals surface area contributed by atoms with E-state index in [9.17, 15) is 18.8 Å². The summed E-state index contributed by atoms with van der Waals surface area (Å²) in [5.41, 5.74) is 0.534. The van der Waals surface area contributed by atoms with E-state index >= 15 is 0 Å². The first-order valence-corrected chi connectivity index (χ1v) is 9.92. The van der Waals surface area contributed by atoms with Crippen LogP contribution in [-0.4, -0.2) is 73.1 Å². The van der Waals surface area contributed by atoms with Crippen molar-refractivity contribution >= 4 is 23.9 Å². The zero-order valence-electron chi connectivity index (χ0n) is 17.0. The number of halogens is 1. The molecule has 0 aromatic heterocycles. The van der Waals surface area contributed by atoms with Gasteiger partial charge in [0.05, 0.1) is 13.2 Å². The van der Waals surface area contributed by atoms with Gasteiger partial charge in [0.25, 0.3) is 0 Å². The molecule has 1 fully saturated rings. The van der Waals surface area contributed by atoms with E-state index < -0.39 is 29.7 Å². The topological polar surface area (TPSA) is 101 Å². The number of benzene rings is 1. The summed E-state index contributed by atoms with van der Waals surface area (Å²) < 4.78 is 23.4. The molecule has 2 atom stereocenters. The number of rotatable bonds is 4. The Balaban J connectivity index is 1.82. The molecule has 10 heteroatoms. The van der Waals surface area contributed by atoms with E-state index in [1.807, 2.05) is 4.90 Å². The Labute approximate surface area is 173 Å². The third-order valence-electron chi connectivity index (χ3n) is 4.95. The van der Waals surface area contributed by atoms with Gasteiger partial charge in [-0.05, 0) is 31.5 Å². The van der Waals surface area contributed by atoms with Crippen molar-refractivity contribution in [3.05, 3.63) is 35.6 Å². The summed E-state index contributed by atoms with van der Waals surface area (Å²) in [6.07, 6.45) is -0.377. The summed E-state index contributed by atoms with van der Waals surface area (Å²) in [6.45, 7) is 5.55. The van der Waals surface area contributed by atoms with Crippen LogP contribution in [0.2, 0.25) is 0 Å². The fourth-order valence-electron chi connectivity index (χ4n) is 3.44. The van der Waals surface area contributed by atoms with Crippen LogP contribution in [0.3, 0.4) is 0 Å². The number of guanidine groups is 1. The van der Waals surface area contributed by atoms with Crippen LogP contribution in [0.15, 0.2) is 29.3 Å². The summed E-state index contributed by atoms with van der Waals surface area (Å²) in [5.74, 6) is -2.48. The molecule has 0 spiro atoms. The van der Waals surface area contributed by atoms with Crippen LogP contribution >= 0.6 is 0 Å². The maximum atomic E-state index is 13.4. The fourth-order valence-corrected chi connectivity index (χ4v) is 3.44. The second-order valence-electron chi connectivity index (χ2n) is 6.84. The minimum Gasteiger partial charge on any atom is -0.465 e. The first-order valence-electron chi connectivity index (χ1n) is 9.92. The van der Waals surface area contributed by atoms with Crippen molar-refractivity contribution in [1.29, 1.82) is 0 Å². The smallest absolute Gasteiger partial charge is 0.409 e. The van der Waals surface area contributed by atoms with Gasteiger partial charge in [0.15, 0.2) is 5.92 Å². The van der Waals surface area contributed by atoms with E-state index in [4.69, 9.17) is 9.47 Å². The molecule has 2 heterocycles. The van der Waals surface area contributed by atoms with E-state index in [1.54, 1.807) is 18.7 Å². The maximum absolute atomic E-state index is 13.4. The lowest BCUT2D eigenvalue weighted by Crippen LogP contribution is -2.58. The van der Waals surface area contributed by atoms with Crippen molar-refractivity contribution in [3.8, 4) is 0 Å². The van der Waals surface area contributed by atoms with Crippen molar-refractivity contribution in [2.75, 3.05) is 39.4 Å². The number of ether oxygens (including phenoxy) is 2. The molecule has 0 aliphatic carbocycles. The minimum absolute atomic E-state index is 0.130. The van der Waals surface area contributed by atoms with Crippen LogP contribution in [-0.2, 0) is 19.1 Å². The summed E-state index contributed by atoms with van der Waals surface area (Å²) in [4.78, 5) is 45.1. The van der Waals surface area contributed by atoms with Gasteiger partial charge in [-0.25, -0.2) is 14.2 Å². The number of hydrogen-bond acceptors (Lipinski definition) is 7. The standard InChI is InChI=1S/C20H25FN4O5/c1-3-29-18(27)15-16(13-5-7-14(21)8-6-13)22-19(23-17(15)26)24-9-11-25(12-10-24)20(28)30-4-2/h5-8,15-16H,3-4,9-12H2,1-2H3,(H,22,23,26)/t15-,16-/m1/s1. The third kappa shape index (κ3) is 4.69. The summed E-state index contributed by atoms with van der Waals surface area (Å²) in [6, 6.07) is 4.70. The molecule has 162 valence electrons. The van der Waals surface area contributed by atoms with E-state index in [-0.39, 0.29) is 12.7 Å². The predicted molar refractivity (Wildman–Crippen MR) is 105 cm³/mol. The molecular weight excluding hydrogens is 395 g/mol. The number of carbonyl (C=O) groups is 3. The predicted octanol–water partition coefficient (Wildman–Crippen LogP) is 1.31. The molecule has 0 radical (unpaired) electrons. The average molecular weight is 420 g/mol. The van der Waals surface area contributed by atoms with E-state index in [0.29, 0.717) is 44.3 Å². The fraction of sp³-hybridized carbons (Fsp3) is 0.500. The van der Waals surface area contributed by atoms with Crippen molar-refractivity contribution in [1.82, 2.24) is 15.1 Å². The van der Waals surface area contributed by atoms with Gasteiger partial charge in [-0.15, -0.1) is 0 Å². The molecule has 0 unspecified atom stereocenters. The average Bonchev–Trinajstić information content (AvgIpc) is 2.74. The summed E-state index contributed by atoms with van der Waals surface area (Å²) in [5, 5.41) is 2.68. The van der Waals surface area contributed by atoms with Gasteiger partial charge in [0.1, 0.15) is 11.9 Å². The van der Waals surface area contributed by atoms with Crippen LogP contribution in [0.1, 0.15) is 25.5 Å². The molecule has 30 heavy (non-hydrogen) atoms. The molecule has 2 aliphatic rings. The Morgan fingerprint density at radius 1 is 1.10 bits per heavy atom. The molecule has 2 amide bonds. The quantitative estimate of drug-likeness (QED) is 0.582. The first kappa shape index (κ1) is 21.5. The van der Waals surface area contributed by atoms with E-state index in [0.717, 1.165) is 0 Å². The lowest BCUT2D eigenvalue weighted by Gasteiger charge is -2.38. The highest BCUT2D eigenvalue weighted by atomic mass is 19.1. The first-order chi connectivity index (χ1) is 14.4. The van der Waals surface area contributed by atoms with Crippen LogP contribution in [0, 0.1) is 11.7 Å². The SMILES string of the molecule is CCOC(=O)[C@H]1C(=O)NC(N2CCN(C(=O)OCC)CC2)=N[C@@H]1c1ccc(F)cc1. The molecular formula is C20H25FN4O5. The van der Waals surface area contributed by atoms with Crippen LogP contribution in [0.25, 0.3) is 0 Å². The number of nitrogens with zero attached hydrogens (tertiary/aromatic N) is 3. The number of aliphatic imine (C=N–C) groups is 1. The number of carbonyl (C=O) groups excluding carboxylic acids is 3. The molecule has 1 N–H and O–H groups in total. The highest BCUT2D eigenvalue weighted by Crippen LogP contribution is 2.31. The molecule has 0 saturated carbocycles. The number of hydrogen-bond donors (Lipinski definition) is 1.